The van der Waals surface area contributed by atoms with Gasteiger partial charge in [-0.25, -0.2) is 0 Å². The van der Waals surface area contributed by atoms with Gasteiger partial charge >= 0.3 is 0 Å². The minimum absolute atomic E-state index is 0.0663. The molecule has 4 nitrogen and oxygen atoms in total. The minimum atomic E-state index is -0.571. The zero-order valence-electron chi connectivity index (χ0n) is 27.6. The Morgan fingerprint density at radius 3 is 1.83 bits per heavy atom. The summed E-state index contributed by atoms with van der Waals surface area (Å²) in [6, 6.07) is 57.6. The molecule has 0 amide bonds. The molecular formula is C46H26Cl2N4. The maximum atomic E-state index is 6.14. The van der Waals surface area contributed by atoms with E-state index in [1.807, 2.05) is 12.1 Å². The molecule has 0 N–H and O–H groups in total. The Morgan fingerprint density at radius 2 is 1.10 bits per heavy atom. The van der Waals surface area contributed by atoms with Crippen LogP contribution in [0.25, 0.3) is 72.3 Å². The first-order valence-electron chi connectivity index (χ1n) is 17.3. The van der Waals surface area contributed by atoms with Gasteiger partial charge < -0.3 is 4.57 Å². The van der Waals surface area contributed by atoms with Crippen molar-refractivity contribution in [2.24, 2.45) is 0 Å². The second-order valence-electron chi connectivity index (χ2n) is 13.5. The Kier molecular flexibility index (Phi) is 6.25. The Labute approximate surface area is 309 Å². The number of para-hydroxylation sites is 2. The lowest BCUT2D eigenvalue weighted by molar-refractivity contribution is 0.769. The molecule has 52 heavy (non-hydrogen) atoms. The molecule has 0 spiro atoms. The molecule has 0 saturated heterocycles. The van der Waals surface area contributed by atoms with Crippen LogP contribution in [0.3, 0.4) is 0 Å². The van der Waals surface area contributed by atoms with Gasteiger partial charge in [-0.1, -0.05) is 133 Å². The third-order valence-electron chi connectivity index (χ3n) is 10.9. The van der Waals surface area contributed by atoms with Crippen LogP contribution in [0.15, 0.2) is 158 Å². The fourth-order valence-electron chi connectivity index (χ4n) is 8.93. The maximum Gasteiger partial charge on any atom is 0.227 e. The Bertz CT molecular complexity index is 2860. The zero-order chi connectivity index (χ0) is 34.6. The van der Waals surface area contributed by atoms with Crippen molar-refractivity contribution >= 4 is 45.0 Å². The largest absolute Gasteiger partial charge is 0.308 e. The summed E-state index contributed by atoms with van der Waals surface area (Å²) >= 11 is 12.3. The van der Waals surface area contributed by atoms with Crippen LogP contribution in [-0.2, 0) is 5.41 Å². The standard InChI is InChI=1S/C46H26Cl2N4/c47-44-49-43(50-45(48)51-44)28-21-19-27(20-22-28)29-25-35-33-16-8-10-18-39(33)52-38-17-9-7-15-32(38)34-23-24-36-41(42(34)52)40(35)37(26-29)46(36,30-11-3-1-4-12-30)31-13-5-2-6-14-31/h1-26H. The number of benzene rings is 7. The summed E-state index contributed by atoms with van der Waals surface area (Å²) in [5.41, 5.74) is 16.1. The second kappa shape index (κ2) is 11.0. The van der Waals surface area contributed by atoms with Crippen LogP contribution >= 0.6 is 23.2 Å². The van der Waals surface area contributed by atoms with E-state index in [1.165, 1.54) is 72.0 Å². The van der Waals surface area contributed by atoms with Crippen LogP contribution in [0.4, 0.5) is 0 Å². The molecule has 0 saturated carbocycles. The molecule has 7 aromatic carbocycles. The summed E-state index contributed by atoms with van der Waals surface area (Å²) in [5.74, 6) is 0.437. The molecule has 0 radical (unpaired) electrons. The van der Waals surface area contributed by atoms with Gasteiger partial charge in [-0.3, -0.25) is 0 Å². The molecule has 6 heteroatoms. The van der Waals surface area contributed by atoms with Gasteiger partial charge in [-0.05, 0) is 92.0 Å². The van der Waals surface area contributed by atoms with E-state index < -0.39 is 5.41 Å². The van der Waals surface area contributed by atoms with Crippen molar-refractivity contribution in [1.82, 2.24) is 19.5 Å². The number of hydrogen-bond acceptors (Lipinski definition) is 3. The number of nitrogens with zero attached hydrogens (tertiary/aromatic N) is 4. The van der Waals surface area contributed by atoms with Crippen molar-refractivity contribution in [2.45, 2.75) is 5.41 Å². The van der Waals surface area contributed by atoms with Crippen molar-refractivity contribution in [3.63, 3.8) is 0 Å². The van der Waals surface area contributed by atoms with Crippen LogP contribution in [0.1, 0.15) is 22.3 Å². The first kappa shape index (κ1) is 29.6. The van der Waals surface area contributed by atoms with Crippen molar-refractivity contribution in [3.8, 4) is 50.5 Å². The first-order valence-corrected chi connectivity index (χ1v) is 18.0. The monoisotopic (exact) mass is 704 g/mol. The third kappa shape index (κ3) is 3.96. The van der Waals surface area contributed by atoms with Crippen LogP contribution in [-0.4, -0.2) is 19.5 Å². The van der Waals surface area contributed by atoms with Gasteiger partial charge in [-0.2, -0.15) is 15.0 Å². The third-order valence-corrected chi connectivity index (χ3v) is 11.3. The number of aromatic nitrogens is 4. The summed E-state index contributed by atoms with van der Waals surface area (Å²) in [4.78, 5) is 12.6. The number of halogens is 2. The van der Waals surface area contributed by atoms with E-state index in [0.29, 0.717) is 5.82 Å². The molecule has 1 aliphatic carbocycles. The van der Waals surface area contributed by atoms with E-state index in [9.17, 15) is 0 Å². The van der Waals surface area contributed by atoms with Crippen LogP contribution < -0.4 is 0 Å². The average Bonchev–Trinajstić information content (AvgIpc) is 3.64. The van der Waals surface area contributed by atoms with Crippen molar-refractivity contribution in [2.75, 3.05) is 0 Å². The fraction of sp³-hybridized carbons (Fsp3) is 0.0217. The maximum absolute atomic E-state index is 6.14. The van der Waals surface area contributed by atoms with Gasteiger partial charge in [0.05, 0.1) is 22.1 Å². The Morgan fingerprint density at radius 1 is 0.462 bits per heavy atom. The molecule has 0 atom stereocenters. The molecule has 0 fully saturated rings. The summed E-state index contributed by atoms with van der Waals surface area (Å²) in [5, 5.41) is 2.65. The van der Waals surface area contributed by atoms with E-state index in [-0.39, 0.29) is 10.6 Å². The van der Waals surface area contributed by atoms with Gasteiger partial charge in [-0.15, -0.1) is 0 Å². The number of fused-ring (bicyclic) bond motifs is 6. The highest BCUT2D eigenvalue weighted by Gasteiger charge is 2.49. The highest BCUT2D eigenvalue weighted by Crippen LogP contribution is 2.62. The van der Waals surface area contributed by atoms with Gasteiger partial charge in [0.25, 0.3) is 0 Å². The normalized spacial score (nSPS) is 13.3. The van der Waals surface area contributed by atoms with Crippen molar-refractivity contribution < 1.29 is 0 Å². The van der Waals surface area contributed by atoms with E-state index in [0.717, 1.165) is 16.7 Å². The van der Waals surface area contributed by atoms with Crippen LogP contribution in [0.2, 0.25) is 10.6 Å². The average molecular weight is 706 g/mol. The topological polar surface area (TPSA) is 43.6 Å². The SMILES string of the molecule is Clc1nc(Cl)nc(-c2ccc(-c3cc4c5c(c3)C(c3ccccc3)(c3ccccc3)c3ccc6c7ccccc7n(c6c3-5)-c3ccccc3-4)cc2)n1. The highest BCUT2D eigenvalue weighted by atomic mass is 35.5. The number of hydrogen-bond donors (Lipinski definition) is 0. The molecule has 11 rings (SSSR count). The molecule has 1 aliphatic heterocycles. The quantitative estimate of drug-likeness (QED) is 0.183. The van der Waals surface area contributed by atoms with Gasteiger partial charge in [0.1, 0.15) is 0 Å². The molecule has 9 aromatic rings. The summed E-state index contributed by atoms with van der Waals surface area (Å²) in [6.07, 6.45) is 0. The van der Waals surface area contributed by atoms with Gasteiger partial charge in [0, 0.05) is 27.5 Å². The molecule has 244 valence electrons. The fourth-order valence-corrected chi connectivity index (χ4v) is 9.30. The summed E-state index contributed by atoms with van der Waals surface area (Å²) in [7, 11) is 0. The minimum Gasteiger partial charge on any atom is -0.308 e. The second-order valence-corrected chi connectivity index (χ2v) is 14.1. The summed E-state index contributed by atoms with van der Waals surface area (Å²) in [6.45, 7) is 0. The lowest BCUT2D eigenvalue weighted by Crippen LogP contribution is -2.28. The van der Waals surface area contributed by atoms with Gasteiger partial charge in [0.2, 0.25) is 10.6 Å². The lowest BCUT2D eigenvalue weighted by atomic mass is 9.67. The molecule has 0 unspecified atom stereocenters. The lowest BCUT2D eigenvalue weighted by Gasteiger charge is -2.34. The van der Waals surface area contributed by atoms with Crippen LogP contribution in [0.5, 0.6) is 0 Å². The van der Waals surface area contributed by atoms with E-state index >= 15 is 0 Å². The first-order chi connectivity index (χ1) is 25.6. The smallest absolute Gasteiger partial charge is 0.227 e. The van der Waals surface area contributed by atoms with Crippen LogP contribution in [0, 0.1) is 0 Å². The zero-order valence-corrected chi connectivity index (χ0v) is 29.1. The van der Waals surface area contributed by atoms with Crippen molar-refractivity contribution in [1.29, 1.82) is 0 Å². The molecule has 2 aliphatic rings. The van der Waals surface area contributed by atoms with E-state index in [1.54, 1.807) is 0 Å². The molecule has 3 heterocycles. The predicted octanol–water partition coefficient (Wildman–Crippen LogP) is 12.0. The van der Waals surface area contributed by atoms with E-state index in [4.69, 9.17) is 23.2 Å². The highest BCUT2D eigenvalue weighted by molar-refractivity contribution is 6.31. The molecule has 0 bridgehead atoms. The summed E-state index contributed by atoms with van der Waals surface area (Å²) < 4.78 is 2.51. The number of rotatable bonds is 4. The molecular weight excluding hydrogens is 679 g/mol. The predicted molar refractivity (Wildman–Crippen MR) is 211 cm³/mol. The Hall–Kier alpha value is -6.07. The van der Waals surface area contributed by atoms with E-state index in [2.05, 4.69) is 165 Å². The van der Waals surface area contributed by atoms with Gasteiger partial charge in [0.15, 0.2) is 5.82 Å². The Balaban J connectivity index is 1.29. The molecule has 2 aromatic heterocycles. The van der Waals surface area contributed by atoms with Crippen molar-refractivity contribution in [3.05, 3.63) is 191 Å².